The highest BCUT2D eigenvalue weighted by atomic mass is 16.4. The summed E-state index contributed by atoms with van der Waals surface area (Å²) < 4.78 is 0. The zero-order valence-electron chi connectivity index (χ0n) is 34.0. The molecule has 4 saturated carbocycles. The SMILES string of the molecule is CCC(C)C(NC1CC2C(C(NC(CCCCN)C(=O)O)CC3CC(NCC(=O)O)CC[C@@]32C)C2CCC([C@H](C)CCC(=O)NC(C)C(=O)O)[C@@]12C)C(=O)O. The Labute approximate surface area is 327 Å². The molecule has 0 heterocycles. The van der Waals surface area contributed by atoms with Crippen LogP contribution in [0.1, 0.15) is 125 Å². The highest BCUT2D eigenvalue weighted by Gasteiger charge is 2.66. The number of carbonyl (C=O) groups excluding carboxylic acids is 1. The maximum absolute atomic E-state index is 12.9. The maximum Gasteiger partial charge on any atom is 0.325 e. The highest BCUT2D eigenvalue weighted by Crippen LogP contribution is 2.68. The Morgan fingerprint density at radius 1 is 0.836 bits per heavy atom. The van der Waals surface area contributed by atoms with Gasteiger partial charge in [0.15, 0.2) is 0 Å². The predicted octanol–water partition coefficient (Wildman–Crippen LogP) is 3.91. The van der Waals surface area contributed by atoms with Crippen molar-refractivity contribution in [2.45, 2.75) is 161 Å². The van der Waals surface area contributed by atoms with Crippen molar-refractivity contribution in [3.05, 3.63) is 0 Å². The van der Waals surface area contributed by atoms with Crippen LogP contribution in [0.4, 0.5) is 0 Å². The Balaban J connectivity index is 1.76. The van der Waals surface area contributed by atoms with Crippen LogP contribution in [0.15, 0.2) is 0 Å². The number of rotatable bonds is 21. The third-order valence-electron chi connectivity index (χ3n) is 15.3. The average Bonchev–Trinajstić information content (AvgIpc) is 3.49. The minimum Gasteiger partial charge on any atom is -0.480 e. The second-order valence-electron chi connectivity index (χ2n) is 18.3. The summed E-state index contributed by atoms with van der Waals surface area (Å²) in [7, 11) is 0. The van der Waals surface area contributed by atoms with Crippen LogP contribution < -0.4 is 27.0 Å². The number of unbranched alkanes of at least 4 members (excludes halogenated alkanes) is 1. The van der Waals surface area contributed by atoms with Crippen molar-refractivity contribution < 1.29 is 44.4 Å². The molecule has 15 atom stereocenters. The molecule has 1 amide bonds. The fourth-order valence-corrected chi connectivity index (χ4v) is 12.0. The van der Waals surface area contributed by atoms with Crippen LogP contribution in [-0.2, 0) is 24.0 Å². The molecule has 314 valence electrons. The van der Waals surface area contributed by atoms with Crippen molar-refractivity contribution in [1.29, 1.82) is 0 Å². The molecule has 0 radical (unpaired) electrons. The van der Waals surface area contributed by atoms with Gasteiger partial charge in [0.2, 0.25) is 5.91 Å². The summed E-state index contributed by atoms with van der Waals surface area (Å²) >= 11 is 0. The zero-order valence-corrected chi connectivity index (χ0v) is 34.0. The first-order valence-electron chi connectivity index (χ1n) is 21.0. The molecule has 14 heteroatoms. The Morgan fingerprint density at radius 3 is 2.15 bits per heavy atom. The predicted molar refractivity (Wildman–Crippen MR) is 208 cm³/mol. The molecule has 10 N–H and O–H groups in total. The summed E-state index contributed by atoms with van der Waals surface area (Å²) in [6, 6.07) is -2.68. The Kier molecular flexibility index (Phi) is 15.6. The normalized spacial score (nSPS) is 35.5. The summed E-state index contributed by atoms with van der Waals surface area (Å²) in [5.74, 6) is -3.25. The number of hydrogen-bond donors (Lipinski definition) is 9. The fraction of sp³-hybridized carbons (Fsp3) is 0.878. The smallest absolute Gasteiger partial charge is 0.325 e. The molecule has 4 fully saturated rings. The van der Waals surface area contributed by atoms with Crippen LogP contribution in [0.5, 0.6) is 0 Å². The molecule has 14 nitrogen and oxygen atoms in total. The minimum absolute atomic E-state index is 0.0446. The molecule has 0 aromatic rings. The maximum atomic E-state index is 12.9. The molecule has 0 aromatic carbocycles. The Morgan fingerprint density at radius 2 is 1.55 bits per heavy atom. The van der Waals surface area contributed by atoms with Gasteiger partial charge in [-0.1, -0.05) is 47.5 Å². The van der Waals surface area contributed by atoms with E-state index < -0.39 is 42.0 Å². The molecule has 0 aromatic heterocycles. The summed E-state index contributed by atoms with van der Waals surface area (Å²) in [6.07, 6.45) is 9.20. The number of carboxylic acids is 4. The monoisotopic (exact) mass is 778 g/mol. The quantitative estimate of drug-likeness (QED) is 0.0753. The molecule has 0 aliphatic heterocycles. The number of aliphatic carboxylic acids is 4. The summed E-state index contributed by atoms with van der Waals surface area (Å²) in [4.78, 5) is 61.4. The van der Waals surface area contributed by atoms with Crippen molar-refractivity contribution in [2.75, 3.05) is 13.1 Å². The van der Waals surface area contributed by atoms with E-state index in [1.54, 1.807) is 0 Å². The van der Waals surface area contributed by atoms with Gasteiger partial charge in [-0.2, -0.15) is 0 Å². The van der Waals surface area contributed by atoms with Gasteiger partial charge in [0.05, 0.1) is 6.54 Å². The van der Waals surface area contributed by atoms with Crippen LogP contribution in [0.25, 0.3) is 0 Å². The van der Waals surface area contributed by atoms with Crippen LogP contribution in [0, 0.1) is 52.3 Å². The van der Waals surface area contributed by atoms with Gasteiger partial charge in [-0.15, -0.1) is 0 Å². The topological polar surface area (TPSA) is 240 Å². The van der Waals surface area contributed by atoms with Gasteiger partial charge < -0.3 is 47.4 Å². The molecule has 4 aliphatic carbocycles. The summed E-state index contributed by atoms with van der Waals surface area (Å²) in [5, 5.41) is 53.1. The van der Waals surface area contributed by atoms with Gasteiger partial charge in [-0.25, -0.2) is 0 Å². The van der Waals surface area contributed by atoms with E-state index in [0.717, 1.165) is 51.4 Å². The van der Waals surface area contributed by atoms with E-state index in [9.17, 15) is 44.4 Å². The lowest BCUT2D eigenvalue weighted by Crippen LogP contribution is -2.69. The van der Waals surface area contributed by atoms with E-state index >= 15 is 0 Å². The van der Waals surface area contributed by atoms with E-state index in [0.29, 0.717) is 32.2 Å². The van der Waals surface area contributed by atoms with Gasteiger partial charge >= 0.3 is 23.9 Å². The lowest BCUT2D eigenvalue weighted by atomic mass is 9.42. The third kappa shape index (κ3) is 10.0. The standard InChI is InChI=1S/C41H71N5O9/c1-7-22(2)36(39(54)55)46-32-20-29-35(28-13-12-27(41(28,32)6)23(3)11-14-33(47)44-24(4)37(50)51)31(45-30(38(52)53)10-8-9-17-42)19-25-18-26(43-21-34(48)49)15-16-40(25,29)5/h22-32,35-36,43,45-46H,7-21,42H2,1-6H3,(H,44,47)(H,48,49)(H,50,51)(H,52,53)(H,54,55)/t22?,23-,24?,25?,26?,27?,28?,29?,30?,31?,32?,35?,36?,40+,41-/m1/s1. The number of carbonyl (C=O) groups is 5. The first-order valence-corrected chi connectivity index (χ1v) is 21.0. The highest BCUT2D eigenvalue weighted by molar-refractivity contribution is 5.83. The first kappa shape index (κ1) is 44.9. The van der Waals surface area contributed by atoms with Crippen molar-refractivity contribution in [2.24, 2.45) is 58.0 Å². The number of nitrogens with one attached hydrogen (secondary N) is 4. The Bertz CT molecular complexity index is 1370. The number of hydrogen-bond acceptors (Lipinski definition) is 9. The van der Waals surface area contributed by atoms with Gasteiger partial charge in [0.1, 0.15) is 18.1 Å². The molecule has 4 rings (SSSR count). The lowest BCUT2D eigenvalue weighted by Gasteiger charge is -2.66. The number of carboxylic acid groups (broad SMARTS) is 4. The van der Waals surface area contributed by atoms with Gasteiger partial charge in [0, 0.05) is 24.5 Å². The molecule has 0 spiro atoms. The number of nitrogens with two attached hydrogens (primary N) is 1. The molecular formula is C41H71N5O9. The van der Waals surface area contributed by atoms with E-state index in [1.165, 1.54) is 6.92 Å². The fourth-order valence-electron chi connectivity index (χ4n) is 12.0. The van der Waals surface area contributed by atoms with Crippen molar-refractivity contribution in [3.8, 4) is 0 Å². The largest absolute Gasteiger partial charge is 0.480 e. The number of amides is 1. The molecular weight excluding hydrogens is 706 g/mol. The zero-order chi connectivity index (χ0) is 40.8. The first-order chi connectivity index (χ1) is 25.9. The average molecular weight is 778 g/mol. The van der Waals surface area contributed by atoms with E-state index in [2.05, 4.69) is 42.0 Å². The second kappa shape index (κ2) is 19.1. The van der Waals surface area contributed by atoms with E-state index in [1.807, 2.05) is 13.8 Å². The minimum atomic E-state index is -1.09. The Hall–Kier alpha value is -2.81. The second-order valence-corrected chi connectivity index (χ2v) is 18.3. The lowest BCUT2D eigenvalue weighted by molar-refractivity contribution is -0.156. The number of fused-ring (bicyclic) bond motifs is 5. The van der Waals surface area contributed by atoms with Gasteiger partial charge in [-0.05, 0) is 130 Å². The molecule has 4 aliphatic rings. The third-order valence-corrected chi connectivity index (χ3v) is 15.3. The van der Waals surface area contributed by atoms with Crippen LogP contribution in [-0.4, -0.2) is 99.6 Å². The summed E-state index contributed by atoms with van der Waals surface area (Å²) in [5.41, 5.74) is 5.31. The van der Waals surface area contributed by atoms with Gasteiger partial charge in [-0.3, -0.25) is 24.0 Å². The van der Waals surface area contributed by atoms with Crippen molar-refractivity contribution in [3.63, 3.8) is 0 Å². The van der Waals surface area contributed by atoms with Crippen molar-refractivity contribution in [1.82, 2.24) is 21.3 Å². The molecule has 0 bridgehead atoms. The molecule has 0 saturated heterocycles. The molecule has 12 unspecified atom stereocenters. The van der Waals surface area contributed by atoms with Crippen LogP contribution in [0.2, 0.25) is 0 Å². The van der Waals surface area contributed by atoms with Crippen LogP contribution in [0.3, 0.4) is 0 Å². The van der Waals surface area contributed by atoms with Crippen LogP contribution >= 0.6 is 0 Å². The van der Waals surface area contributed by atoms with E-state index in [4.69, 9.17) is 5.73 Å². The van der Waals surface area contributed by atoms with Gasteiger partial charge in [0.25, 0.3) is 0 Å². The van der Waals surface area contributed by atoms with E-state index in [-0.39, 0.29) is 89.3 Å². The van der Waals surface area contributed by atoms with Crippen molar-refractivity contribution >= 4 is 29.8 Å². The molecule has 55 heavy (non-hydrogen) atoms. The summed E-state index contributed by atoms with van der Waals surface area (Å²) in [6.45, 7) is 12.7.